The molecule has 1 aliphatic carbocycles. The molecule has 0 heterocycles. The Labute approximate surface area is 160 Å². The third-order valence-electron chi connectivity index (χ3n) is 2.99. The zero-order valence-corrected chi connectivity index (χ0v) is 15.6. The van der Waals surface area contributed by atoms with Crippen molar-refractivity contribution in [2.24, 2.45) is 11.8 Å². The summed E-state index contributed by atoms with van der Waals surface area (Å²) in [7, 11) is 0. The van der Waals surface area contributed by atoms with Gasteiger partial charge in [-0.3, -0.25) is 0 Å². The molecule has 0 N–H and O–H groups in total. The van der Waals surface area contributed by atoms with Crippen molar-refractivity contribution in [3.8, 4) is 0 Å². The van der Waals surface area contributed by atoms with Crippen LogP contribution in [0, 0.1) is 31.8 Å². The van der Waals surface area contributed by atoms with Gasteiger partial charge in [-0.1, -0.05) is 49.5 Å². The molecule has 0 bridgehead atoms. The fourth-order valence-corrected chi connectivity index (χ4v) is 1.88. The molecule has 25 heavy (non-hydrogen) atoms. The summed E-state index contributed by atoms with van der Waals surface area (Å²) in [5.41, 5.74) is 0. The van der Waals surface area contributed by atoms with Gasteiger partial charge in [0.15, 0.2) is 0 Å². The first kappa shape index (κ1) is 31.0. The molecular formula is C19H22CrO5. The Bertz CT molecular complexity index is 454. The van der Waals surface area contributed by atoms with Crippen molar-refractivity contribution >= 4 is 5.97 Å². The quantitative estimate of drug-likeness (QED) is 0.304. The van der Waals surface area contributed by atoms with Gasteiger partial charge in [0.1, 0.15) is 0 Å². The van der Waals surface area contributed by atoms with Gasteiger partial charge in [0, 0.05) is 23.4 Å². The van der Waals surface area contributed by atoms with E-state index >= 15 is 0 Å². The van der Waals surface area contributed by atoms with Crippen molar-refractivity contribution in [1.29, 1.82) is 0 Å². The van der Waals surface area contributed by atoms with Crippen LogP contribution in [0.5, 0.6) is 0 Å². The predicted molar refractivity (Wildman–Crippen MR) is 86.9 cm³/mol. The van der Waals surface area contributed by atoms with E-state index in [0.29, 0.717) is 18.4 Å². The molecule has 0 aliphatic heterocycles. The van der Waals surface area contributed by atoms with Crippen molar-refractivity contribution in [1.82, 2.24) is 0 Å². The summed E-state index contributed by atoms with van der Waals surface area (Å²) in [4.78, 5) is 11.1. The minimum Gasteiger partial charge on any atom is 0 e. The van der Waals surface area contributed by atoms with E-state index in [1.54, 1.807) is 0 Å². The van der Waals surface area contributed by atoms with Gasteiger partial charge in [0.05, 0.1) is 6.61 Å². The molecule has 1 unspecified atom stereocenters. The summed E-state index contributed by atoms with van der Waals surface area (Å²) in [5, 5.41) is 0. The topological polar surface area (TPSA) is 86.0 Å². The molecule has 0 fully saturated rings. The fourth-order valence-electron chi connectivity index (χ4n) is 1.88. The average molecular weight is 382 g/mol. The Morgan fingerprint density at radius 3 is 2.00 bits per heavy atom. The van der Waals surface area contributed by atoms with Gasteiger partial charge in [-0.2, -0.15) is 0 Å². The van der Waals surface area contributed by atoms with Gasteiger partial charge in [-0.05, 0) is 31.6 Å². The Morgan fingerprint density at radius 2 is 1.56 bits per heavy atom. The second-order valence-corrected chi connectivity index (χ2v) is 4.44. The first-order chi connectivity index (χ1) is 11.7. The Balaban J connectivity index is -0.000000284. The van der Waals surface area contributed by atoms with Crippen LogP contribution in [0.3, 0.4) is 0 Å². The zero-order chi connectivity index (χ0) is 19.2. The van der Waals surface area contributed by atoms with Crippen molar-refractivity contribution in [3.05, 3.63) is 68.6 Å². The summed E-state index contributed by atoms with van der Waals surface area (Å²) >= 11 is 0. The molecule has 0 radical (unpaired) electrons. The number of carbonyl (C=O) groups excluding carboxylic acids is 1. The van der Waals surface area contributed by atoms with E-state index in [1.165, 1.54) is 6.08 Å². The standard InChI is InChI=1S/C16H22O2.3CO.Cr/c1-3-18-16(17)13-9-8-10-14(2)15-11-6-4-5-7-12-15;3*1-2;/h4-7,9,11-15H,3,8,10H2,1-2H3;;;;/b13-9+;;;;. The van der Waals surface area contributed by atoms with E-state index in [1.807, 2.05) is 25.2 Å². The van der Waals surface area contributed by atoms with E-state index in [2.05, 4.69) is 51.2 Å². The molecule has 6 heteroatoms. The van der Waals surface area contributed by atoms with Crippen LogP contribution in [-0.4, -0.2) is 12.6 Å². The molecule has 1 aliphatic rings. The molecule has 134 valence electrons. The first-order valence-electron chi connectivity index (χ1n) is 7.20. The Hall–Kier alpha value is -1.82. The van der Waals surface area contributed by atoms with E-state index < -0.39 is 0 Å². The minimum atomic E-state index is -0.247. The number of rotatable bonds is 6. The fraction of sp³-hybridized carbons (Fsp3) is 0.368. The summed E-state index contributed by atoms with van der Waals surface area (Å²) in [6.07, 6.45) is 18.1. The first-order valence-corrected chi connectivity index (χ1v) is 7.20. The maximum absolute atomic E-state index is 11.1. The van der Waals surface area contributed by atoms with Crippen LogP contribution in [0.15, 0.2) is 48.6 Å². The molecule has 1 rings (SSSR count). The second-order valence-electron chi connectivity index (χ2n) is 4.44. The van der Waals surface area contributed by atoms with Gasteiger partial charge in [-0.25, -0.2) is 4.79 Å². The zero-order valence-electron chi connectivity index (χ0n) is 14.3. The minimum absolute atomic E-state index is 0. The smallest absolute Gasteiger partial charge is 0 e. The third kappa shape index (κ3) is 20.1. The summed E-state index contributed by atoms with van der Waals surface area (Å²) in [6, 6.07) is 0. The molecule has 0 spiro atoms. The molecule has 0 amide bonds. The number of ether oxygens (including phenoxy) is 1. The van der Waals surface area contributed by atoms with Crippen LogP contribution in [0.4, 0.5) is 0 Å². The maximum atomic E-state index is 11.1. The molecule has 1 atom stereocenters. The largest absolute Gasteiger partial charge is 0 e. The average Bonchev–Trinajstić information content (AvgIpc) is 2.93. The predicted octanol–water partition coefficient (Wildman–Crippen LogP) is 3.71. The van der Waals surface area contributed by atoms with Crippen LogP contribution in [0.1, 0.15) is 26.7 Å². The number of hydrogen-bond acceptors (Lipinski definition) is 2. The van der Waals surface area contributed by atoms with Gasteiger partial charge in [-0.15, -0.1) is 0 Å². The number of carbonyl (C=O) groups is 1. The van der Waals surface area contributed by atoms with Gasteiger partial charge >= 0.3 is 39.9 Å². The number of esters is 1. The monoisotopic (exact) mass is 382 g/mol. The summed E-state index contributed by atoms with van der Waals surface area (Å²) in [5.74, 6) is 0.809. The number of allylic oxidation sites excluding steroid dienone is 7. The molecule has 0 aromatic rings. The van der Waals surface area contributed by atoms with Gasteiger partial charge in [0.2, 0.25) is 0 Å². The summed E-state index contributed by atoms with van der Waals surface area (Å²) < 4.78 is 27.3. The van der Waals surface area contributed by atoms with Crippen LogP contribution >= 0.6 is 0 Å². The Kier molecular flexibility index (Phi) is 33.5. The normalized spacial score (nSPS) is 12.5. The molecular weight excluding hydrogens is 360 g/mol. The molecule has 5 nitrogen and oxygen atoms in total. The van der Waals surface area contributed by atoms with Gasteiger partial charge in [0.25, 0.3) is 0 Å². The third-order valence-corrected chi connectivity index (χ3v) is 2.99. The summed E-state index contributed by atoms with van der Waals surface area (Å²) in [6.45, 7) is 18.0. The molecule has 0 aromatic carbocycles. The maximum Gasteiger partial charge on any atom is 0 e. The van der Waals surface area contributed by atoms with Crippen LogP contribution in [-0.2, 0) is 40.8 Å². The van der Waals surface area contributed by atoms with Crippen molar-refractivity contribution in [3.63, 3.8) is 0 Å². The molecule has 0 saturated heterocycles. The second kappa shape index (κ2) is 27.0. The Morgan fingerprint density at radius 1 is 1.08 bits per heavy atom. The van der Waals surface area contributed by atoms with E-state index in [9.17, 15) is 4.79 Å². The van der Waals surface area contributed by atoms with Gasteiger partial charge < -0.3 is 4.74 Å². The van der Waals surface area contributed by atoms with Crippen molar-refractivity contribution in [2.75, 3.05) is 6.61 Å². The van der Waals surface area contributed by atoms with E-state index in [-0.39, 0.29) is 23.3 Å². The van der Waals surface area contributed by atoms with E-state index in [4.69, 9.17) is 18.7 Å². The number of hydrogen-bond donors (Lipinski definition) is 0. The van der Waals surface area contributed by atoms with Crippen molar-refractivity contribution in [2.45, 2.75) is 26.7 Å². The van der Waals surface area contributed by atoms with Crippen molar-refractivity contribution < 1.29 is 40.8 Å². The van der Waals surface area contributed by atoms with Crippen LogP contribution < -0.4 is 0 Å². The van der Waals surface area contributed by atoms with Crippen LogP contribution in [0.25, 0.3) is 0 Å². The molecule has 0 aromatic heterocycles. The molecule has 0 saturated carbocycles. The van der Waals surface area contributed by atoms with E-state index in [0.717, 1.165) is 12.8 Å². The van der Waals surface area contributed by atoms with Crippen LogP contribution in [0.2, 0.25) is 0 Å². The SMILES string of the molecule is CCOC(=O)/C=C/CCC(C)C1C=CC=CC=C1.[C-]#[O+].[C-]#[O+].[C-]#[O+].[Cr].